The summed E-state index contributed by atoms with van der Waals surface area (Å²) in [6.07, 6.45) is 0.441. The molecule has 0 radical (unpaired) electrons. The quantitative estimate of drug-likeness (QED) is 0.489. The standard InChI is InChI=1S/C23H27F3N6O4/c1-12-13(2)35-21(18(12)33)32-19-17(31-22(32)30-15-5-3-4-6-15)20(29-11-28-19)34-10-14-7-8-16(27-9-14)36-23(24,25)26/h7-9,11-13,15,18,21,33H,3-6,10H2,1-2H3,(H,30,31)/t12-,13-,18-,21-/m1/s1. The highest BCUT2D eigenvalue weighted by molar-refractivity contribution is 5.79. The van der Waals surface area contributed by atoms with Gasteiger partial charge in [0.25, 0.3) is 0 Å². The summed E-state index contributed by atoms with van der Waals surface area (Å²) in [5.74, 6) is 0.0668. The van der Waals surface area contributed by atoms with E-state index in [1.54, 1.807) is 4.57 Å². The lowest BCUT2D eigenvalue weighted by Crippen LogP contribution is -2.27. The van der Waals surface area contributed by atoms with Crippen LogP contribution in [0.25, 0.3) is 11.2 Å². The van der Waals surface area contributed by atoms with Crippen LogP contribution in [-0.2, 0) is 11.3 Å². The first-order valence-corrected chi connectivity index (χ1v) is 11.9. The minimum Gasteiger partial charge on any atom is -0.471 e. The molecule has 13 heteroatoms. The summed E-state index contributed by atoms with van der Waals surface area (Å²) in [4.78, 5) is 17.0. The van der Waals surface area contributed by atoms with Gasteiger partial charge in [0.05, 0.1) is 6.10 Å². The van der Waals surface area contributed by atoms with E-state index in [4.69, 9.17) is 14.5 Å². The van der Waals surface area contributed by atoms with Crippen LogP contribution in [0.3, 0.4) is 0 Å². The van der Waals surface area contributed by atoms with Gasteiger partial charge in [0.2, 0.25) is 17.7 Å². The minimum atomic E-state index is -4.81. The molecular weight excluding hydrogens is 481 g/mol. The number of alkyl halides is 3. The van der Waals surface area contributed by atoms with Gasteiger partial charge in [-0.05, 0) is 25.8 Å². The summed E-state index contributed by atoms with van der Waals surface area (Å²) in [7, 11) is 0. The monoisotopic (exact) mass is 508 g/mol. The van der Waals surface area contributed by atoms with Gasteiger partial charge in [-0.3, -0.25) is 4.57 Å². The molecule has 0 spiro atoms. The third-order valence-electron chi connectivity index (χ3n) is 6.71. The Morgan fingerprint density at radius 2 is 1.94 bits per heavy atom. The Morgan fingerprint density at radius 1 is 1.17 bits per heavy atom. The number of rotatable bonds is 7. The number of aliphatic hydroxyl groups is 1. The predicted molar refractivity (Wildman–Crippen MR) is 121 cm³/mol. The Kier molecular flexibility index (Phi) is 6.60. The van der Waals surface area contributed by atoms with Crippen LogP contribution >= 0.6 is 0 Å². The number of aliphatic hydroxyl groups excluding tert-OH is 1. The van der Waals surface area contributed by atoms with Gasteiger partial charge in [-0.15, -0.1) is 13.2 Å². The van der Waals surface area contributed by atoms with E-state index in [2.05, 4.69) is 25.0 Å². The van der Waals surface area contributed by atoms with E-state index >= 15 is 0 Å². The van der Waals surface area contributed by atoms with Crippen molar-refractivity contribution in [3.63, 3.8) is 0 Å². The molecule has 36 heavy (non-hydrogen) atoms. The first kappa shape index (κ1) is 24.5. The van der Waals surface area contributed by atoms with E-state index in [0.29, 0.717) is 22.7 Å². The highest BCUT2D eigenvalue weighted by Crippen LogP contribution is 2.39. The predicted octanol–water partition coefficient (Wildman–Crippen LogP) is 3.97. The Balaban J connectivity index is 1.42. The van der Waals surface area contributed by atoms with Crippen LogP contribution in [0, 0.1) is 5.92 Å². The van der Waals surface area contributed by atoms with E-state index in [1.165, 1.54) is 18.6 Å². The number of pyridine rings is 1. The van der Waals surface area contributed by atoms with Crippen molar-refractivity contribution >= 4 is 17.1 Å². The highest BCUT2D eigenvalue weighted by Gasteiger charge is 2.42. The van der Waals surface area contributed by atoms with Crippen LogP contribution in [0.4, 0.5) is 19.1 Å². The van der Waals surface area contributed by atoms with Crippen LogP contribution in [-0.4, -0.2) is 54.2 Å². The molecule has 5 rings (SSSR count). The molecule has 0 amide bonds. The lowest BCUT2D eigenvalue weighted by atomic mass is 10.0. The molecule has 10 nitrogen and oxygen atoms in total. The molecule has 0 bridgehead atoms. The van der Waals surface area contributed by atoms with Gasteiger partial charge in [0.1, 0.15) is 19.0 Å². The molecular formula is C23H27F3N6O4. The molecule has 1 saturated heterocycles. The number of nitrogens with zero attached hydrogens (tertiary/aromatic N) is 5. The van der Waals surface area contributed by atoms with Gasteiger partial charge in [0.15, 0.2) is 17.4 Å². The second kappa shape index (κ2) is 9.69. The molecule has 0 aromatic carbocycles. The number of anilines is 1. The maximum Gasteiger partial charge on any atom is 0.574 e. The molecule has 4 heterocycles. The third-order valence-corrected chi connectivity index (χ3v) is 6.71. The van der Waals surface area contributed by atoms with Crippen LogP contribution in [0.5, 0.6) is 11.8 Å². The molecule has 1 aliphatic heterocycles. The van der Waals surface area contributed by atoms with Crippen molar-refractivity contribution in [1.29, 1.82) is 0 Å². The highest BCUT2D eigenvalue weighted by atomic mass is 19.4. The molecule has 2 aliphatic rings. The zero-order valence-electron chi connectivity index (χ0n) is 19.8. The van der Waals surface area contributed by atoms with Crippen molar-refractivity contribution in [3.8, 4) is 11.8 Å². The number of imidazole rings is 1. The Hall–Kier alpha value is -3.19. The SMILES string of the molecule is C[C@H]1[C@@H](O)[C@H](n2c(NC3CCCC3)nc3c(OCc4ccc(OC(F)(F)F)nc4)ncnc32)O[C@@H]1C. The molecule has 3 aromatic heterocycles. The van der Waals surface area contributed by atoms with Gasteiger partial charge in [-0.2, -0.15) is 4.98 Å². The molecule has 2 N–H and O–H groups in total. The zero-order valence-corrected chi connectivity index (χ0v) is 19.8. The average Bonchev–Trinajstić information content (AvgIpc) is 3.53. The lowest BCUT2D eigenvalue weighted by Gasteiger charge is -2.21. The maximum atomic E-state index is 12.4. The van der Waals surface area contributed by atoms with Crippen molar-refractivity contribution < 1.29 is 32.5 Å². The second-order valence-electron chi connectivity index (χ2n) is 9.20. The van der Waals surface area contributed by atoms with Gasteiger partial charge < -0.3 is 24.6 Å². The van der Waals surface area contributed by atoms with Crippen molar-refractivity contribution in [2.75, 3.05) is 5.32 Å². The number of nitrogens with one attached hydrogen (secondary N) is 1. The second-order valence-corrected chi connectivity index (χ2v) is 9.20. The van der Waals surface area contributed by atoms with E-state index in [-0.39, 0.29) is 30.6 Å². The minimum absolute atomic E-state index is 0.0136. The lowest BCUT2D eigenvalue weighted by molar-refractivity contribution is -0.276. The number of hydrogen-bond acceptors (Lipinski definition) is 9. The smallest absolute Gasteiger partial charge is 0.471 e. The summed E-state index contributed by atoms with van der Waals surface area (Å²) in [6.45, 7) is 3.83. The van der Waals surface area contributed by atoms with Crippen LogP contribution in [0.15, 0.2) is 24.7 Å². The number of aromatic nitrogens is 5. The Morgan fingerprint density at radius 3 is 2.58 bits per heavy atom. The van der Waals surface area contributed by atoms with Gasteiger partial charge in [0, 0.05) is 29.8 Å². The fraction of sp³-hybridized carbons (Fsp3) is 0.565. The van der Waals surface area contributed by atoms with Crippen molar-refractivity contribution in [2.45, 2.75) is 77.0 Å². The topological polar surface area (TPSA) is 116 Å². The van der Waals surface area contributed by atoms with Gasteiger partial charge in [-0.1, -0.05) is 19.8 Å². The van der Waals surface area contributed by atoms with Crippen LogP contribution < -0.4 is 14.8 Å². The first-order chi connectivity index (χ1) is 17.2. The molecule has 194 valence electrons. The number of ether oxygens (including phenoxy) is 3. The van der Waals surface area contributed by atoms with E-state index in [9.17, 15) is 18.3 Å². The van der Waals surface area contributed by atoms with E-state index in [0.717, 1.165) is 31.7 Å². The molecule has 4 atom stereocenters. The normalized spacial score (nSPS) is 24.9. The molecule has 0 unspecified atom stereocenters. The number of fused-ring (bicyclic) bond motifs is 1. The summed E-state index contributed by atoms with van der Waals surface area (Å²) in [5, 5.41) is 14.4. The summed E-state index contributed by atoms with van der Waals surface area (Å²) in [5.41, 5.74) is 1.33. The summed E-state index contributed by atoms with van der Waals surface area (Å²) >= 11 is 0. The molecule has 3 aromatic rings. The average molecular weight is 509 g/mol. The number of halogens is 3. The molecule has 2 fully saturated rings. The zero-order chi connectivity index (χ0) is 25.4. The Bertz CT molecular complexity index is 1200. The molecule has 1 saturated carbocycles. The fourth-order valence-corrected chi connectivity index (χ4v) is 4.59. The van der Waals surface area contributed by atoms with Gasteiger partial charge in [-0.25, -0.2) is 15.0 Å². The maximum absolute atomic E-state index is 12.4. The van der Waals surface area contributed by atoms with Crippen molar-refractivity contribution in [3.05, 3.63) is 30.2 Å². The third kappa shape index (κ3) is 5.03. The number of hydrogen-bond donors (Lipinski definition) is 2. The molecule has 1 aliphatic carbocycles. The van der Waals surface area contributed by atoms with Crippen molar-refractivity contribution in [1.82, 2.24) is 24.5 Å². The summed E-state index contributed by atoms with van der Waals surface area (Å²) < 4.78 is 54.6. The van der Waals surface area contributed by atoms with Crippen molar-refractivity contribution in [2.24, 2.45) is 5.92 Å². The Labute approximate surface area is 204 Å². The largest absolute Gasteiger partial charge is 0.574 e. The van der Waals surface area contributed by atoms with E-state index in [1.807, 2.05) is 13.8 Å². The summed E-state index contributed by atoms with van der Waals surface area (Å²) in [6, 6.07) is 2.78. The van der Waals surface area contributed by atoms with E-state index < -0.39 is 24.6 Å². The van der Waals surface area contributed by atoms with Crippen LogP contribution in [0.1, 0.15) is 51.3 Å². The first-order valence-electron chi connectivity index (χ1n) is 11.9. The van der Waals surface area contributed by atoms with Gasteiger partial charge >= 0.3 is 6.36 Å². The van der Waals surface area contributed by atoms with Crippen LogP contribution in [0.2, 0.25) is 0 Å². The fourth-order valence-electron chi connectivity index (χ4n) is 4.59.